The van der Waals surface area contributed by atoms with Gasteiger partial charge < -0.3 is 53.2 Å². The van der Waals surface area contributed by atoms with Crippen LogP contribution in [0.3, 0.4) is 0 Å². The summed E-state index contributed by atoms with van der Waals surface area (Å²) in [6.45, 7) is 3.31. The lowest BCUT2D eigenvalue weighted by Gasteiger charge is -2.09. The fourth-order valence-electron chi connectivity index (χ4n) is 3.69. The Balaban J connectivity index is 0.000000551. The van der Waals surface area contributed by atoms with E-state index < -0.39 is 23.9 Å². The monoisotopic (exact) mass is 950 g/mol. The first kappa shape index (κ1) is 53.9. The van der Waals surface area contributed by atoms with Crippen LogP contribution in [0.4, 0.5) is 0 Å². The molecule has 0 amide bonds. The molecule has 0 fully saturated rings. The Morgan fingerprint density at radius 2 is 0.627 bits per heavy atom. The topological polar surface area (TPSA) is 203 Å². The molecule has 0 saturated heterocycles. The number of phenols is 1. The molecule has 0 radical (unpaired) electrons. The first-order valence-electron chi connectivity index (χ1n) is 17.5. The summed E-state index contributed by atoms with van der Waals surface area (Å²) in [7, 11) is 0. The van der Waals surface area contributed by atoms with E-state index >= 15 is 0 Å². The van der Waals surface area contributed by atoms with Crippen molar-refractivity contribution < 1.29 is 72.4 Å². The lowest BCUT2D eigenvalue weighted by molar-refractivity contribution is -0.139. The molecular weight excluding hydrogens is 909 g/mol. The van der Waals surface area contributed by atoms with Crippen LogP contribution in [0.15, 0.2) is 54.6 Å². The highest BCUT2D eigenvalue weighted by Crippen LogP contribution is 2.33. The SMILES string of the molecule is O=C(CCOCCOCCOCCC(=O)Oc1c(Cl)cccc1Cl)Oc1c(Cl)cccc1Cl.O=C(O)CCOCCOCCOCCC(=O)O.Oc1c(Cl)cccc1Cl. The Morgan fingerprint density at radius 3 is 0.881 bits per heavy atom. The smallest absolute Gasteiger partial charge is 0.313 e. The van der Waals surface area contributed by atoms with E-state index in [0.29, 0.717) is 52.9 Å². The van der Waals surface area contributed by atoms with Crippen LogP contribution in [-0.2, 0) is 47.6 Å². The number of aliphatic carboxylic acids is 2. The zero-order valence-corrected chi connectivity index (χ0v) is 36.1. The van der Waals surface area contributed by atoms with E-state index in [1.54, 1.807) is 54.6 Å². The summed E-state index contributed by atoms with van der Waals surface area (Å²) < 4.78 is 41.3. The Kier molecular flexibility index (Phi) is 30.6. The Hall–Kier alpha value is -3.16. The van der Waals surface area contributed by atoms with Gasteiger partial charge in [0.1, 0.15) is 0 Å². The predicted octanol–water partition coefficient (Wildman–Crippen LogP) is 8.33. The summed E-state index contributed by atoms with van der Waals surface area (Å²) in [5, 5.41) is 27.1. The molecule has 59 heavy (non-hydrogen) atoms. The minimum atomic E-state index is -0.891. The second-order valence-corrected chi connectivity index (χ2v) is 13.5. The van der Waals surface area contributed by atoms with Gasteiger partial charge in [-0.25, -0.2) is 0 Å². The van der Waals surface area contributed by atoms with E-state index in [0.717, 1.165) is 0 Å². The van der Waals surface area contributed by atoms with Gasteiger partial charge in [-0.3, -0.25) is 19.2 Å². The second-order valence-electron chi connectivity index (χ2n) is 11.1. The maximum Gasteiger partial charge on any atom is 0.313 e. The summed E-state index contributed by atoms with van der Waals surface area (Å²) in [4.78, 5) is 43.9. The van der Waals surface area contributed by atoms with Gasteiger partial charge in [-0.15, -0.1) is 0 Å². The molecule has 0 aromatic heterocycles. The van der Waals surface area contributed by atoms with Crippen molar-refractivity contribution in [3.63, 3.8) is 0 Å². The fraction of sp³-hybridized carbons (Fsp3) is 0.421. The van der Waals surface area contributed by atoms with Gasteiger partial charge in [-0.05, 0) is 36.4 Å². The highest BCUT2D eigenvalue weighted by atomic mass is 35.5. The third-order valence-electron chi connectivity index (χ3n) is 6.52. The minimum absolute atomic E-state index is 0.0156. The Labute approximate surface area is 371 Å². The van der Waals surface area contributed by atoms with E-state index in [-0.39, 0.29) is 99.5 Å². The number of phenolic OH excluding ortho intramolecular Hbond substituents is 1. The lowest BCUT2D eigenvalue weighted by atomic mass is 10.3. The average Bonchev–Trinajstić information content (AvgIpc) is 3.18. The van der Waals surface area contributed by atoms with Crippen molar-refractivity contribution in [1.82, 2.24) is 0 Å². The lowest BCUT2D eigenvalue weighted by Crippen LogP contribution is -2.15. The average molecular weight is 953 g/mol. The summed E-state index contributed by atoms with van der Waals surface area (Å²) in [6.07, 6.45) is 0.0525. The number of hydrogen-bond donors (Lipinski definition) is 3. The number of ether oxygens (including phenoxy) is 8. The Bertz CT molecular complexity index is 1540. The molecule has 3 rings (SSSR count). The van der Waals surface area contributed by atoms with Crippen LogP contribution in [-0.4, -0.2) is 118 Å². The zero-order chi connectivity index (χ0) is 43.8. The quantitative estimate of drug-likeness (QED) is 0.0393. The summed E-state index contributed by atoms with van der Waals surface area (Å²) >= 11 is 34.7. The van der Waals surface area contributed by atoms with Crippen LogP contribution in [0.2, 0.25) is 30.1 Å². The molecule has 3 N–H and O–H groups in total. The van der Waals surface area contributed by atoms with Gasteiger partial charge >= 0.3 is 23.9 Å². The summed E-state index contributed by atoms with van der Waals surface area (Å²) in [5.41, 5.74) is 0. The minimum Gasteiger partial charge on any atom is -0.505 e. The Morgan fingerprint density at radius 1 is 0.390 bits per heavy atom. The highest BCUT2D eigenvalue weighted by Gasteiger charge is 2.13. The fourth-order valence-corrected chi connectivity index (χ4v) is 5.04. The zero-order valence-electron chi connectivity index (χ0n) is 31.5. The second kappa shape index (κ2) is 33.5. The van der Waals surface area contributed by atoms with E-state index in [9.17, 15) is 19.2 Å². The molecule has 328 valence electrons. The van der Waals surface area contributed by atoms with Crippen LogP contribution in [0.25, 0.3) is 0 Å². The maximum atomic E-state index is 11.8. The van der Waals surface area contributed by atoms with Crippen molar-refractivity contribution in [1.29, 1.82) is 0 Å². The summed E-state index contributed by atoms with van der Waals surface area (Å²) in [5.74, 6) is -2.58. The van der Waals surface area contributed by atoms with Crippen LogP contribution in [0.1, 0.15) is 25.7 Å². The molecule has 0 saturated carbocycles. The van der Waals surface area contributed by atoms with Crippen LogP contribution >= 0.6 is 69.6 Å². The molecule has 0 aliphatic carbocycles. The number of carboxylic acids is 2. The number of carbonyl (C=O) groups is 4. The number of carbonyl (C=O) groups excluding carboxylic acids is 2. The number of carboxylic acid groups (broad SMARTS) is 2. The molecule has 3 aromatic carbocycles. The molecule has 15 nitrogen and oxygen atoms in total. The first-order valence-corrected chi connectivity index (χ1v) is 19.8. The predicted molar refractivity (Wildman–Crippen MR) is 221 cm³/mol. The highest BCUT2D eigenvalue weighted by molar-refractivity contribution is 6.38. The number of halogens is 6. The van der Waals surface area contributed by atoms with E-state index in [1.165, 1.54) is 0 Å². The van der Waals surface area contributed by atoms with Gasteiger partial charge in [0.25, 0.3) is 0 Å². The molecule has 0 unspecified atom stereocenters. The van der Waals surface area contributed by atoms with Gasteiger partial charge in [0.15, 0.2) is 17.2 Å². The maximum absolute atomic E-state index is 11.8. The van der Waals surface area contributed by atoms with Gasteiger partial charge in [-0.1, -0.05) is 87.8 Å². The van der Waals surface area contributed by atoms with Crippen molar-refractivity contribution in [2.75, 3.05) is 79.3 Å². The molecular formula is C38H44Cl6O15. The van der Waals surface area contributed by atoms with Crippen molar-refractivity contribution in [3.8, 4) is 17.2 Å². The molecule has 0 atom stereocenters. The standard InChI is InChI=1S/C22H22Cl4O7.C10H18O7.C6H4Cl2O/c23-15-3-1-4-16(24)21(15)32-19(27)7-9-29-11-13-31-14-12-30-10-8-20(28)33-22-17(25)5-2-6-18(22)26;11-9(12)1-3-15-5-7-17-8-6-16-4-2-10(13)14;7-4-2-1-3-5(8)6(4)9/h1-6H,7-14H2;1-8H2,(H,11,12)(H,13,14);1-3,9H. The third kappa shape index (κ3) is 27.3. The van der Waals surface area contributed by atoms with Crippen LogP contribution < -0.4 is 9.47 Å². The molecule has 0 heterocycles. The number of benzene rings is 3. The van der Waals surface area contributed by atoms with E-state index in [1.807, 2.05) is 0 Å². The third-order valence-corrected chi connectivity index (χ3v) is 8.32. The van der Waals surface area contributed by atoms with Gasteiger partial charge in [-0.2, -0.15) is 0 Å². The molecule has 0 aliphatic rings. The van der Waals surface area contributed by atoms with E-state index in [4.69, 9.17) is 123 Å². The normalized spacial score (nSPS) is 10.5. The molecule has 3 aromatic rings. The van der Waals surface area contributed by atoms with Crippen molar-refractivity contribution in [2.45, 2.75) is 25.7 Å². The number of esters is 2. The molecule has 0 aliphatic heterocycles. The number of hydrogen-bond acceptors (Lipinski definition) is 13. The largest absolute Gasteiger partial charge is 0.505 e. The number of aromatic hydroxyl groups is 1. The molecule has 0 spiro atoms. The number of para-hydroxylation sites is 3. The van der Waals surface area contributed by atoms with Crippen molar-refractivity contribution >= 4 is 93.5 Å². The first-order chi connectivity index (χ1) is 28.2. The summed E-state index contributed by atoms with van der Waals surface area (Å²) in [6, 6.07) is 14.4. The van der Waals surface area contributed by atoms with Crippen LogP contribution in [0.5, 0.6) is 17.2 Å². The van der Waals surface area contributed by atoms with Gasteiger partial charge in [0.2, 0.25) is 0 Å². The van der Waals surface area contributed by atoms with Crippen LogP contribution in [0, 0.1) is 0 Å². The molecule has 0 bridgehead atoms. The van der Waals surface area contributed by atoms with Crippen molar-refractivity contribution in [2.24, 2.45) is 0 Å². The van der Waals surface area contributed by atoms with Gasteiger partial charge in [0.05, 0.1) is 135 Å². The van der Waals surface area contributed by atoms with Gasteiger partial charge in [0, 0.05) is 0 Å². The van der Waals surface area contributed by atoms with Crippen molar-refractivity contribution in [3.05, 3.63) is 84.7 Å². The molecule has 21 heteroatoms. The van der Waals surface area contributed by atoms with E-state index in [2.05, 4.69) is 0 Å². The number of rotatable bonds is 26.